The molecule has 0 amide bonds. The van der Waals surface area contributed by atoms with Gasteiger partial charge < -0.3 is 9.15 Å². The fraction of sp³-hybridized carbons (Fsp3) is 0.0909. The molecule has 4 rings (SSSR count). The Bertz CT molecular complexity index is 1070. The van der Waals surface area contributed by atoms with Gasteiger partial charge in [0.1, 0.15) is 5.52 Å². The normalized spacial score (nSPS) is 10.8. The van der Waals surface area contributed by atoms with Crippen molar-refractivity contribution in [2.75, 3.05) is 7.11 Å². The number of carbonyl (C=O) groups excluding carboxylic acids is 1. The second kappa shape index (κ2) is 6.84. The van der Waals surface area contributed by atoms with Crippen LogP contribution in [-0.2, 0) is 11.2 Å². The monoisotopic (exact) mass is 343 g/mol. The standard InChI is InChI=1S/C22H17NO3/c1-25-22(24)18-10-6-5-9-17(18)21-23-19-14-16(11-12-20(19)26-21)13-15-7-3-2-4-8-15/h2-12,14H,13H2,1H3. The van der Waals surface area contributed by atoms with Gasteiger partial charge in [-0.05, 0) is 41.8 Å². The number of aromatic nitrogens is 1. The minimum atomic E-state index is -0.410. The Labute approximate surface area is 151 Å². The Hall–Kier alpha value is -3.40. The molecule has 0 saturated heterocycles. The molecule has 0 radical (unpaired) electrons. The number of carbonyl (C=O) groups is 1. The van der Waals surface area contributed by atoms with Crippen molar-refractivity contribution in [2.24, 2.45) is 0 Å². The van der Waals surface area contributed by atoms with Gasteiger partial charge >= 0.3 is 5.97 Å². The van der Waals surface area contributed by atoms with Crippen molar-refractivity contribution in [1.29, 1.82) is 0 Å². The molecular formula is C22H17NO3. The Morgan fingerprint density at radius 2 is 1.73 bits per heavy atom. The first-order valence-electron chi connectivity index (χ1n) is 8.36. The molecule has 0 unspecified atom stereocenters. The van der Waals surface area contributed by atoms with E-state index in [0.29, 0.717) is 22.6 Å². The Morgan fingerprint density at radius 1 is 0.962 bits per heavy atom. The summed E-state index contributed by atoms with van der Waals surface area (Å²) in [7, 11) is 1.36. The second-order valence-corrected chi connectivity index (χ2v) is 6.02. The summed E-state index contributed by atoms with van der Waals surface area (Å²) in [6.45, 7) is 0. The average Bonchev–Trinajstić information content (AvgIpc) is 3.11. The van der Waals surface area contributed by atoms with Crippen LogP contribution < -0.4 is 0 Å². The predicted octanol–water partition coefficient (Wildman–Crippen LogP) is 4.87. The second-order valence-electron chi connectivity index (χ2n) is 6.02. The van der Waals surface area contributed by atoms with Crippen LogP contribution >= 0.6 is 0 Å². The third-order valence-electron chi connectivity index (χ3n) is 4.27. The number of ether oxygens (including phenoxy) is 1. The van der Waals surface area contributed by atoms with Crippen LogP contribution in [-0.4, -0.2) is 18.1 Å². The summed E-state index contributed by atoms with van der Waals surface area (Å²) in [4.78, 5) is 16.6. The summed E-state index contributed by atoms with van der Waals surface area (Å²) >= 11 is 0. The Balaban J connectivity index is 1.72. The molecule has 0 N–H and O–H groups in total. The van der Waals surface area contributed by atoms with E-state index in [9.17, 15) is 4.79 Å². The molecule has 0 aliphatic carbocycles. The summed E-state index contributed by atoms with van der Waals surface area (Å²) in [5.74, 6) is 0.00508. The van der Waals surface area contributed by atoms with Gasteiger partial charge in [-0.25, -0.2) is 9.78 Å². The maximum atomic E-state index is 12.0. The van der Waals surface area contributed by atoms with E-state index in [1.165, 1.54) is 12.7 Å². The maximum Gasteiger partial charge on any atom is 0.338 e. The summed E-state index contributed by atoms with van der Waals surface area (Å²) in [5.41, 5.74) is 4.92. The highest BCUT2D eigenvalue weighted by atomic mass is 16.5. The van der Waals surface area contributed by atoms with Gasteiger partial charge in [0, 0.05) is 0 Å². The quantitative estimate of drug-likeness (QED) is 0.496. The highest BCUT2D eigenvalue weighted by molar-refractivity contribution is 5.96. The van der Waals surface area contributed by atoms with E-state index in [2.05, 4.69) is 17.1 Å². The van der Waals surface area contributed by atoms with Crippen LogP contribution in [0.2, 0.25) is 0 Å². The lowest BCUT2D eigenvalue weighted by molar-refractivity contribution is 0.0601. The summed E-state index contributed by atoms with van der Waals surface area (Å²) in [6.07, 6.45) is 0.831. The number of hydrogen-bond acceptors (Lipinski definition) is 4. The number of esters is 1. The highest BCUT2D eigenvalue weighted by Crippen LogP contribution is 2.28. The van der Waals surface area contributed by atoms with Crippen molar-refractivity contribution in [3.8, 4) is 11.5 Å². The lowest BCUT2D eigenvalue weighted by Gasteiger charge is -2.03. The van der Waals surface area contributed by atoms with E-state index in [-0.39, 0.29) is 0 Å². The van der Waals surface area contributed by atoms with Gasteiger partial charge in [-0.3, -0.25) is 0 Å². The number of benzene rings is 3. The summed E-state index contributed by atoms with van der Waals surface area (Å²) in [5, 5.41) is 0. The maximum absolute atomic E-state index is 12.0. The third kappa shape index (κ3) is 3.09. The Morgan fingerprint density at radius 3 is 2.54 bits per heavy atom. The van der Waals surface area contributed by atoms with Crippen LogP contribution in [0.4, 0.5) is 0 Å². The molecule has 0 aliphatic rings. The molecule has 0 bridgehead atoms. The summed E-state index contributed by atoms with van der Waals surface area (Å²) in [6, 6.07) is 23.4. The average molecular weight is 343 g/mol. The number of fused-ring (bicyclic) bond motifs is 1. The molecule has 0 atom stereocenters. The largest absolute Gasteiger partial charge is 0.465 e. The summed E-state index contributed by atoms with van der Waals surface area (Å²) < 4.78 is 10.7. The molecule has 0 saturated carbocycles. The highest BCUT2D eigenvalue weighted by Gasteiger charge is 2.17. The molecule has 4 heteroatoms. The lowest BCUT2D eigenvalue weighted by Crippen LogP contribution is -2.03. The van der Waals surface area contributed by atoms with E-state index < -0.39 is 5.97 Å². The van der Waals surface area contributed by atoms with Crippen LogP contribution in [0.3, 0.4) is 0 Å². The van der Waals surface area contributed by atoms with E-state index >= 15 is 0 Å². The molecule has 0 fully saturated rings. The lowest BCUT2D eigenvalue weighted by atomic mass is 10.0. The SMILES string of the molecule is COC(=O)c1ccccc1-c1nc2cc(Cc3ccccc3)ccc2o1. The molecule has 1 heterocycles. The van der Waals surface area contributed by atoms with Gasteiger partial charge in [-0.1, -0.05) is 48.5 Å². The number of nitrogens with zero attached hydrogens (tertiary/aromatic N) is 1. The smallest absolute Gasteiger partial charge is 0.338 e. The molecule has 3 aromatic carbocycles. The van der Waals surface area contributed by atoms with Crippen LogP contribution in [0.1, 0.15) is 21.5 Å². The van der Waals surface area contributed by atoms with Crippen molar-refractivity contribution in [2.45, 2.75) is 6.42 Å². The minimum absolute atomic E-state index is 0.410. The van der Waals surface area contributed by atoms with E-state index in [1.54, 1.807) is 12.1 Å². The molecule has 128 valence electrons. The molecule has 0 spiro atoms. The van der Waals surface area contributed by atoms with E-state index in [4.69, 9.17) is 9.15 Å². The molecule has 4 nitrogen and oxygen atoms in total. The molecule has 4 aromatic rings. The third-order valence-corrected chi connectivity index (χ3v) is 4.27. The number of rotatable bonds is 4. The van der Waals surface area contributed by atoms with Gasteiger partial charge in [-0.2, -0.15) is 0 Å². The molecule has 26 heavy (non-hydrogen) atoms. The van der Waals surface area contributed by atoms with Crippen molar-refractivity contribution >= 4 is 17.1 Å². The zero-order valence-electron chi connectivity index (χ0n) is 14.3. The van der Waals surface area contributed by atoms with Gasteiger partial charge in [0.2, 0.25) is 5.89 Å². The first-order chi connectivity index (χ1) is 12.7. The number of oxazole rings is 1. The topological polar surface area (TPSA) is 52.3 Å². The van der Waals surface area contributed by atoms with Crippen LogP contribution in [0, 0.1) is 0 Å². The fourth-order valence-corrected chi connectivity index (χ4v) is 2.99. The number of hydrogen-bond donors (Lipinski definition) is 0. The predicted molar refractivity (Wildman–Crippen MR) is 100 cm³/mol. The van der Waals surface area contributed by atoms with E-state index in [1.807, 2.05) is 48.5 Å². The van der Waals surface area contributed by atoms with Crippen molar-refractivity contribution < 1.29 is 13.9 Å². The van der Waals surface area contributed by atoms with E-state index in [0.717, 1.165) is 17.5 Å². The van der Waals surface area contributed by atoms with Gasteiger partial charge in [0.25, 0.3) is 0 Å². The van der Waals surface area contributed by atoms with Crippen molar-refractivity contribution in [3.05, 3.63) is 89.5 Å². The molecular weight excluding hydrogens is 326 g/mol. The molecule has 1 aromatic heterocycles. The Kier molecular flexibility index (Phi) is 4.23. The van der Waals surface area contributed by atoms with Crippen LogP contribution in [0.5, 0.6) is 0 Å². The van der Waals surface area contributed by atoms with Crippen molar-refractivity contribution in [1.82, 2.24) is 4.98 Å². The van der Waals surface area contributed by atoms with Gasteiger partial charge in [0.05, 0.1) is 18.2 Å². The minimum Gasteiger partial charge on any atom is -0.465 e. The molecule has 0 aliphatic heterocycles. The van der Waals surface area contributed by atoms with Crippen LogP contribution in [0.25, 0.3) is 22.6 Å². The van der Waals surface area contributed by atoms with Crippen LogP contribution in [0.15, 0.2) is 77.2 Å². The van der Waals surface area contributed by atoms with Crippen molar-refractivity contribution in [3.63, 3.8) is 0 Å². The zero-order chi connectivity index (χ0) is 17.9. The van der Waals surface area contributed by atoms with Gasteiger partial charge in [0.15, 0.2) is 5.58 Å². The van der Waals surface area contributed by atoms with Gasteiger partial charge in [-0.15, -0.1) is 0 Å². The zero-order valence-corrected chi connectivity index (χ0v) is 14.3. The fourth-order valence-electron chi connectivity index (χ4n) is 2.99. The first-order valence-corrected chi connectivity index (χ1v) is 8.36. The number of methoxy groups -OCH3 is 1. The first kappa shape index (κ1) is 16.1.